The predicted molar refractivity (Wildman–Crippen MR) is 427 cm³/mol. The van der Waals surface area contributed by atoms with Crippen molar-refractivity contribution >= 4 is 123 Å². The van der Waals surface area contributed by atoms with Crippen LogP contribution in [0.15, 0.2) is 30.5 Å². The number of carboxylic acid groups (broad SMARTS) is 1. The molecule has 3 saturated heterocycles. The van der Waals surface area contributed by atoms with Crippen molar-refractivity contribution in [3.05, 3.63) is 36.0 Å². The molecule has 1 aromatic heterocycles. The van der Waals surface area contributed by atoms with E-state index in [9.17, 15) is 102 Å². The van der Waals surface area contributed by atoms with Gasteiger partial charge in [0, 0.05) is 60.5 Å². The van der Waals surface area contributed by atoms with E-state index in [4.69, 9.17) is 5.73 Å². The van der Waals surface area contributed by atoms with E-state index in [2.05, 4.69) is 95.4 Å². The fourth-order valence-electron chi connectivity index (χ4n) is 13.2. The van der Waals surface area contributed by atoms with Crippen molar-refractivity contribution in [2.24, 2.45) is 23.5 Å². The molecule has 3 aliphatic rings. The summed E-state index contributed by atoms with van der Waals surface area (Å²) in [6, 6.07) is -11.4. The lowest BCUT2D eigenvalue weighted by Gasteiger charge is -2.30. The van der Waals surface area contributed by atoms with Gasteiger partial charge < -0.3 is 122 Å². The Kier molecular flexibility index (Phi) is 40.8. The Morgan fingerprint density at radius 3 is 1.91 bits per heavy atom. The minimum absolute atomic E-state index is 0.0207. The second-order valence-corrected chi connectivity index (χ2v) is 31.7. The number of aromatic amines is 1. The molecule has 0 unspecified atom stereocenters. The Hall–Kier alpha value is -10.3. The normalized spacial score (nSPS) is 22.8. The van der Waals surface area contributed by atoms with E-state index in [0.717, 1.165) is 39.4 Å². The molecule has 24 N–H and O–H groups in total. The Balaban J connectivity index is 1.41. The number of amides is 17. The number of thioether (sulfide) groups is 1. The number of urea groups is 1. The highest BCUT2D eigenvalue weighted by atomic mass is 32.2. The summed E-state index contributed by atoms with van der Waals surface area (Å²) >= 11 is 1.82. The van der Waals surface area contributed by atoms with Gasteiger partial charge in [-0.3, -0.25) is 76.7 Å². The van der Waals surface area contributed by atoms with Gasteiger partial charge in [0.05, 0.1) is 50.4 Å². The molecule has 0 saturated carbocycles. The number of para-hydroxylation sites is 1. The molecule has 3 fully saturated rings. The number of H-pyrrole nitrogens is 1. The minimum Gasteiger partial charge on any atom is -0.480 e. The average molecular weight is 1670 g/mol. The summed E-state index contributed by atoms with van der Waals surface area (Å²) in [5, 5.41) is 85.1. The van der Waals surface area contributed by atoms with Crippen LogP contribution in [0, 0.1) is 17.8 Å². The van der Waals surface area contributed by atoms with Gasteiger partial charge in [0.2, 0.25) is 88.6 Å². The van der Waals surface area contributed by atoms with Crippen molar-refractivity contribution in [1.29, 1.82) is 0 Å². The van der Waals surface area contributed by atoms with Crippen LogP contribution in [0.5, 0.6) is 0 Å². The van der Waals surface area contributed by atoms with Crippen LogP contribution in [0.3, 0.4) is 0 Å². The van der Waals surface area contributed by atoms with Gasteiger partial charge in [0.15, 0.2) is 0 Å². The number of aliphatic hydroxyl groups excluding tert-OH is 3. The number of rotatable bonds is 40. The molecule has 4 heterocycles. The first kappa shape index (κ1) is 97.3. The maximum Gasteiger partial charge on any atom is 0.325 e. The lowest BCUT2D eigenvalue weighted by atomic mass is 9.96. The number of carbonyl (C=O) groups excluding carboxylic acids is 16. The fraction of sp³-hybridized carbons (Fsp3) is 0.671. The first-order chi connectivity index (χ1) is 55.5. The molecule has 40 nitrogen and oxygen atoms in total. The number of unbranched alkanes of at least 4 members (excludes halogenated alkanes) is 4. The Labute approximate surface area is 683 Å². The van der Waals surface area contributed by atoms with Crippen LogP contribution < -0.4 is 96.1 Å². The van der Waals surface area contributed by atoms with E-state index >= 15 is 0 Å². The lowest BCUT2D eigenvalue weighted by molar-refractivity contribution is -0.142. The highest BCUT2D eigenvalue weighted by molar-refractivity contribution is 8.00. The van der Waals surface area contributed by atoms with Crippen molar-refractivity contribution in [3.8, 4) is 0 Å². The van der Waals surface area contributed by atoms with Gasteiger partial charge in [-0.05, 0) is 108 Å². The lowest BCUT2D eigenvalue weighted by Crippen LogP contribution is -2.64. The van der Waals surface area contributed by atoms with E-state index in [1.165, 1.54) is 0 Å². The second-order valence-electron chi connectivity index (χ2n) is 30.4. The third-order valence-corrected chi connectivity index (χ3v) is 22.0. The number of hydrogen-bond donors (Lipinski definition) is 23. The second kappa shape index (κ2) is 49.1. The molecule has 117 heavy (non-hydrogen) atoms. The molecule has 652 valence electrons. The number of aliphatic carboxylic acids is 1. The van der Waals surface area contributed by atoms with E-state index < -0.39 is 212 Å². The van der Waals surface area contributed by atoms with E-state index in [1.54, 1.807) is 72.0 Å². The maximum atomic E-state index is 14.8. The topological polar surface area (TPSA) is 617 Å². The van der Waals surface area contributed by atoms with Crippen molar-refractivity contribution < 1.29 is 102 Å². The zero-order valence-electron chi connectivity index (χ0n) is 67.8. The molecule has 0 aliphatic carbocycles. The van der Waals surface area contributed by atoms with Crippen LogP contribution in [0.4, 0.5) is 4.79 Å². The smallest absolute Gasteiger partial charge is 0.325 e. The number of carboxylic acids is 1. The molecule has 3 aliphatic heterocycles. The molecule has 2 aromatic rings. The van der Waals surface area contributed by atoms with E-state index in [0.29, 0.717) is 73.2 Å². The molecule has 0 bridgehead atoms. The van der Waals surface area contributed by atoms with Crippen molar-refractivity contribution in [1.82, 2.24) is 95.4 Å². The molecule has 0 radical (unpaired) electrons. The molecule has 18 atom stereocenters. The molecule has 1 aromatic carbocycles. The third-order valence-electron chi connectivity index (χ3n) is 20.5. The highest BCUT2D eigenvalue weighted by Gasteiger charge is 2.44. The summed E-state index contributed by atoms with van der Waals surface area (Å²) < 4.78 is 0. The van der Waals surface area contributed by atoms with Crippen molar-refractivity contribution in [2.45, 2.75) is 261 Å². The van der Waals surface area contributed by atoms with Crippen LogP contribution >= 0.6 is 11.8 Å². The van der Waals surface area contributed by atoms with Gasteiger partial charge in [-0.1, -0.05) is 85.4 Å². The van der Waals surface area contributed by atoms with Crippen molar-refractivity contribution in [2.75, 3.05) is 45.1 Å². The Morgan fingerprint density at radius 1 is 0.598 bits per heavy atom. The number of benzene rings is 1. The summed E-state index contributed by atoms with van der Waals surface area (Å²) in [4.78, 5) is 238. The minimum atomic E-state index is -2.10. The third kappa shape index (κ3) is 31.9. The number of carbonyl (C=O) groups is 17. The number of aromatic nitrogens is 1. The van der Waals surface area contributed by atoms with Crippen LogP contribution in [-0.4, -0.2) is 267 Å². The zero-order valence-corrected chi connectivity index (χ0v) is 68.7. The quantitative estimate of drug-likeness (QED) is 0.0220. The van der Waals surface area contributed by atoms with Gasteiger partial charge >= 0.3 is 12.0 Å². The van der Waals surface area contributed by atoms with Crippen LogP contribution in [0.1, 0.15) is 164 Å². The van der Waals surface area contributed by atoms with Crippen LogP contribution in [0.25, 0.3) is 10.9 Å². The molecular formula is C76H121N19O21S. The standard InChI is InChI=1S/C76H121N19O21S/c1-10-39(5)60(91-56(100)26-13-12-20-28-78-55(99)25-17-16-24-54-64-53(37-117-54)90-76(116)95-64)71(110)87-49(30-44-32-79-46-22-15-14-21-45(44)46)65(104)81-35-59(103)85-50-31-57(101)80-33-51(70(109)93-63(43(9)98)74(113)94-62(42(8)97)73(112)83-41(7)75(114)115)88-72(111)61(40(6)11-2)92-69(108)48(29-38(3)4)86-67(106)47(23-18-19-27-77)84-58(102)34-82-66(105)52(36-96)89-68(50)107/h14-15,21-22,32,38-43,47-54,60-64,79,96-98H,10-13,16-20,23-31,33-37,77H2,1-9H3,(H,78,99)(H,80,101)(H,81,104)(H,82,105)(H,83,112)(H,84,102)(H,85,103)(H,86,106)(H,87,110)(H,88,111)(H,89,107)(H,91,100)(H,92,108)(H,93,109)(H,94,113)(H,114,115)(H2,90,95,116)/t39-,40-,41-,42+,43+,47-,48-,49-,50-,51-,52-,53-,54-,60-,61-,62-,63-,64-/m0/s1. The maximum absolute atomic E-state index is 14.8. The first-order valence-electron chi connectivity index (χ1n) is 40.0. The zero-order chi connectivity index (χ0) is 86.8. The fourth-order valence-corrected chi connectivity index (χ4v) is 14.7. The number of aliphatic hydroxyl groups is 3. The molecule has 41 heteroatoms. The summed E-state index contributed by atoms with van der Waals surface area (Å²) in [5.41, 5.74) is 6.97. The predicted octanol–water partition coefficient (Wildman–Crippen LogP) is -4.68. The largest absolute Gasteiger partial charge is 0.480 e. The van der Waals surface area contributed by atoms with E-state index in [-0.39, 0.29) is 75.0 Å². The van der Waals surface area contributed by atoms with Crippen molar-refractivity contribution in [3.63, 3.8) is 0 Å². The Bertz CT molecular complexity index is 3770. The van der Waals surface area contributed by atoms with Crippen LogP contribution in [-0.2, 0) is 83.1 Å². The van der Waals surface area contributed by atoms with Gasteiger partial charge in [0.1, 0.15) is 66.5 Å². The van der Waals surface area contributed by atoms with Gasteiger partial charge in [-0.2, -0.15) is 11.8 Å². The molecule has 5 rings (SSSR count). The Morgan fingerprint density at radius 2 is 1.25 bits per heavy atom. The van der Waals surface area contributed by atoms with Gasteiger partial charge in [-0.25, -0.2) is 4.79 Å². The van der Waals surface area contributed by atoms with E-state index in [1.807, 2.05) is 11.8 Å². The summed E-state index contributed by atoms with van der Waals surface area (Å²) in [5.74, 6) is -17.2. The highest BCUT2D eigenvalue weighted by Crippen LogP contribution is 2.33. The SMILES string of the molecule is CC[C@H](C)[C@H](NC(=O)CCCCCNC(=O)CCCC[C@@H]1SC[C@@H]2NC(=O)N[C@@H]21)C(=O)N[C@@H](Cc1c[nH]c2ccccc12)C(=O)NCC(=O)N[C@H]1CC(=O)NC[C@@H](C(=O)N[C@H](C(=O)N[C@H](C(=O)N[C@@H](C)C(=O)O)[C@@H](C)O)[C@@H](C)O)NC(=O)[C@H]([C@@H](C)CC)NC(=O)[C@H](CC(C)C)NC(=O)[C@H](CCCCN)NC(=O)CNC(=O)[C@H](CO)NC1=O. The van der Waals surface area contributed by atoms with Crippen LogP contribution in [0.2, 0.25) is 0 Å². The molecular weight excluding hydrogens is 1550 g/mol. The number of fused-ring (bicyclic) bond motifs is 2. The first-order valence-corrected chi connectivity index (χ1v) is 41.1. The van der Waals surface area contributed by atoms with Gasteiger partial charge in [0.25, 0.3) is 0 Å². The molecule has 17 amide bonds. The summed E-state index contributed by atoms with van der Waals surface area (Å²) in [6.45, 7) is 9.94. The number of hydrogen-bond acceptors (Lipinski definition) is 22. The molecule has 0 spiro atoms. The average Bonchev–Trinajstić information content (AvgIpc) is 1.71. The number of nitrogens with one attached hydrogen (secondary N) is 18. The number of nitrogens with two attached hydrogens (primary N) is 1. The summed E-state index contributed by atoms with van der Waals surface area (Å²) in [7, 11) is 0. The van der Waals surface area contributed by atoms with Gasteiger partial charge in [-0.15, -0.1) is 0 Å². The summed E-state index contributed by atoms with van der Waals surface area (Å²) in [6.07, 6.45) is 2.20. The monoisotopic (exact) mass is 1670 g/mol.